The number of fused-ring (bicyclic) bond motifs is 5. The lowest BCUT2D eigenvalue weighted by Gasteiger charge is -2.10. The zero-order valence-corrected chi connectivity index (χ0v) is 12.7. The fourth-order valence-electron chi connectivity index (χ4n) is 2.91. The molecule has 21 heavy (non-hydrogen) atoms. The molecule has 104 valence electrons. The molecule has 0 saturated heterocycles. The van der Waals surface area contributed by atoms with Gasteiger partial charge in [-0.25, -0.2) is 0 Å². The van der Waals surface area contributed by atoms with Crippen LogP contribution in [0.4, 0.5) is 0 Å². The van der Waals surface area contributed by atoms with E-state index in [0.29, 0.717) is 0 Å². The summed E-state index contributed by atoms with van der Waals surface area (Å²) in [6, 6.07) is 16.7. The van der Waals surface area contributed by atoms with Crippen molar-refractivity contribution in [2.24, 2.45) is 0 Å². The number of ether oxygens (including phenoxy) is 2. The van der Waals surface area contributed by atoms with E-state index in [1.54, 1.807) is 25.6 Å². The summed E-state index contributed by atoms with van der Waals surface area (Å²) in [4.78, 5) is 0. The van der Waals surface area contributed by atoms with Crippen molar-refractivity contribution in [3.05, 3.63) is 48.5 Å². The smallest absolute Gasteiger partial charge is 0.128 e. The van der Waals surface area contributed by atoms with Gasteiger partial charge in [-0.05, 0) is 24.3 Å². The first-order chi connectivity index (χ1) is 10.3. The van der Waals surface area contributed by atoms with Crippen molar-refractivity contribution in [3.63, 3.8) is 0 Å². The number of hydrogen-bond donors (Lipinski definition) is 0. The monoisotopic (exact) mass is 294 g/mol. The average Bonchev–Trinajstić information content (AvgIpc) is 2.92. The minimum absolute atomic E-state index is 0.880. The third-order valence-corrected chi connectivity index (χ3v) is 5.09. The first-order valence-electron chi connectivity index (χ1n) is 6.78. The predicted octanol–water partition coefficient (Wildman–Crippen LogP) is 5.22. The van der Waals surface area contributed by atoms with Gasteiger partial charge in [0.2, 0.25) is 0 Å². The van der Waals surface area contributed by atoms with E-state index in [1.165, 1.54) is 20.2 Å². The van der Waals surface area contributed by atoms with Gasteiger partial charge in [0.25, 0.3) is 0 Å². The van der Waals surface area contributed by atoms with Crippen LogP contribution in [0.3, 0.4) is 0 Å². The lowest BCUT2D eigenvalue weighted by molar-refractivity contribution is 0.411. The second kappa shape index (κ2) is 4.64. The highest BCUT2D eigenvalue weighted by Gasteiger charge is 2.14. The van der Waals surface area contributed by atoms with Crippen molar-refractivity contribution in [2.75, 3.05) is 14.2 Å². The van der Waals surface area contributed by atoms with Gasteiger partial charge in [-0.1, -0.05) is 24.3 Å². The highest BCUT2D eigenvalue weighted by atomic mass is 32.1. The summed E-state index contributed by atoms with van der Waals surface area (Å²) >= 11 is 1.80. The Morgan fingerprint density at radius 3 is 2.24 bits per heavy atom. The number of hydrogen-bond acceptors (Lipinski definition) is 3. The Kier molecular flexibility index (Phi) is 2.76. The summed E-state index contributed by atoms with van der Waals surface area (Å²) in [5, 5.41) is 4.80. The second-order valence-corrected chi connectivity index (χ2v) is 5.99. The Labute approximate surface area is 126 Å². The quantitative estimate of drug-likeness (QED) is 0.504. The maximum Gasteiger partial charge on any atom is 0.128 e. The molecule has 0 fully saturated rings. The fourth-order valence-corrected chi connectivity index (χ4v) is 4.17. The van der Waals surface area contributed by atoms with E-state index in [2.05, 4.69) is 36.4 Å². The van der Waals surface area contributed by atoms with Crippen LogP contribution in [0.5, 0.6) is 11.5 Å². The Bertz CT molecular complexity index is 969. The van der Waals surface area contributed by atoms with Gasteiger partial charge in [0.05, 0.1) is 14.2 Å². The molecule has 4 rings (SSSR count). The molecule has 0 aliphatic carbocycles. The standard InChI is InChI=1S/C18H14O2S/c1-19-14-9-10-15(20-2)17-13(14)8-7-12-11-5-3-4-6-16(11)21-18(12)17/h3-10H,1-2H3. The molecule has 1 aromatic heterocycles. The maximum absolute atomic E-state index is 5.58. The van der Waals surface area contributed by atoms with Gasteiger partial charge in [0.1, 0.15) is 11.5 Å². The summed E-state index contributed by atoms with van der Waals surface area (Å²) < 4.78 is 13.6. The molecule has 0 spiro atoms. The molecular formula is C18H14O2S. The molecule has 3 heteroatoms. The minimum Gasteiger partial charge on any atom is -0.496 e. The van der Waals surface area contributed by atoms with Gasteiger partial charge in [0, 0.05) is 30.9 Å². The van der Waals surface area contributed by atoms with E-state index in [1.807, 2.05) is 12.1 Å². The number of thiophene rings is 1. The molecule has 0 saturated carbocycles. The summed E-state index contributed by atoms with van der Waals surface area (Å²) in [6.07, 6.45) is 0. The Morgan fingerprint density at radius 1 is 0.714 bits per heavy atom. The van der Waals surface area contributed by atoms with Crippen molar-refractivity contribution in [1.29, 1.82) is 0 Å². The van der Waals surface area contributed by atoms with Gasteiger partial charge in [-0.2, -0.15) is 0 Å². The topological polar surface area (TPSA) is 18.5 Å². The highest BCUT2D eigenvalue weighted by molar-refractivity contribution is 7.26. The maximum atomic E-state index is 5.58. The summed E-state index contributed by atoms with van der Waals surface area (Å²) in [5.41, 5.74) is 0. The zero-order chi connectivity index (χ0) is 14.4. The van der Waals surface area contributed by atoms with Gasteiger partial charge < -0.3 is 9.47 Å². The van der Waals surface area contributed by atoms with Gasteiger partial charge in [0.15, 0.2) is 0 Å². The van der Waals surface area contributed by atoms with Crippen LogP contribution in [-0.4, -0.2) is 14.2 Å². The van der Waals surface area contributed by atoms with E-state index >= 15 is 0 Å². The molecule has 3 aromatic carbocycles. The SMILES string of the molecule is COc1ccc(OC)c2c1ccc1c3ccccc3sc12. The molecular weight excluding hydrogens is 280 g/mol. The first-order valence-corrected chi connectivity index (χ1v) is 7.60. The van der Waals surface area contributed by atoms with Crippen LogP contribution in [-0.2, 0) is 0 Å². The molecule has 1 heterocycles. The predicted molar refractivity (Wildman–Crippen MR) is 89.9 cm³/mol. The normalized spacial score (nSPS) is 11.3. The van der Waals surface area contributed by atoms with Crippen LogP contribution in [0.2, 0.25) is 0 Å². The molecule has 0 bridgehead atoms. The van der Waals surface area contributed by atoms with Crippen LogP contribution in [0.25, 0.3) is 30.9 Å². The zero-order valence-electron chi connectivity index (χ0n) is 11.8. The molecule has 0 atom stereocenters. The molecule has 0 aliphatic heterocycles. The lowest BCUT2D eigenvalue weighted by atomic mass is 10.0. The minimum atomic E-state index is 0.880. The van der Waals surface area contributed by atoms with Crippen LogP contribution in [0.1, 0.15) is 0 Å². The van der Waals surface area contributed by atoms with Crippen LogP contribution in [0.15, 0.2) is 48.5 Å². The number of rotatable bonds is 2. The van der Waals surface area contributed by atoms with E-state index in [4.69, 9.17) is 9.47 Å². The van der Waals surface area contributed by atoms with Gasteiger partial charge in [-0.15, -0.1) is 11.3 Å². The van der Waals surface area contributed by atoms with Gasteiger partial charge >= 0.3 is 0 Å². The van der Waals surface area contributed by atoms with Gasteiger partial charge in [-0.3, -0.25) is 0 Å². The third-order valence-electron chi connectivity index (χ3n) is 3.88. The summed E-state index contributed by atoms with van der Waals surface area (Å²) in [5.74, 6) is 1.77. The van der Waals surface area contributed by atoms with Crippen LogP contribution >= 0.6 is 11.3 Å². The summed E-state index contributed by atoms with van der Waals surface area (Å²) in [7, 11) is 3.42. The van der Waals surface area contributed by atoms with E-state index in [-0.39, 0.29) is 0 Å². The van der Waals surface area contributed by atoms with Crippen LogP contribution < -0.4 is 9.47 Å². The largest absolute Gasteiger partial charge is 0.496 e. The Morgan fingerprint density at radius 2 is 1.43 bits per heavy atom. The van der Waals surface area contributed by atoms with E-state index < -0.39 is 0 Å². The Hall–Kier alpha value is -2.26. The number of methoxy groups -OCH3 is 2. The van der Waals surface area contributed by atoms with Crippen LogP contribution in [0, 0.1) is 0 Å². The lowest BCUT2D eigenvalue weighted by Crippen LogP contribution is -1.89. The molecule has 0 amide bonds. The van der Waals surface area contributed by atoms with Crippen molar-refractivity contribution in [3.8, 4) is 11.5 Å². The van der Waals surface area contributed by atoms with Crippen molar-refractivity contribution in [2.45, 2.75) is 0 Å². The van der Waals surface area contributed by atoms with Crippen molar-refractivity contribution in [1.82, 2.24) is 0 Å². The average molecular weight is 294 g/mol. The highest BCUT2D eigenvalue weighted by Crippen LogP contribution is 2.44. The first kappa shape index (κ1) is 12.5. The summed E-state index contributed by atoms with van der Waals surface area (Å²) in [6.45, 7) is 0. The van der Waals surface area contributed by atoms with E-state index in [0.717, 1.165) is 22.3 Å². The van der Waals surface area contributed by atoms with E-state index in [9.17, 15) is 0 Å². The molecule has 2 nitrogen and oxygen atoms in total. The molecule has 0 unspecified atom stereocenters. The van der Waals surface area contributed by atoms with Crippen molar-refractivity contribution >= 4 is 42.3 Å². The van der Waals surface area contributed by atoms with Crippen molar-refractivity contribution < 1.29 is 9.47 Å². The molecule has 4 aromatic rings. The Balaban J connectivity index is 2.27. The number of benzene rings is 3. The molecule has 0 N–H and O–H groups in total. The third kappa shape index (κ3) is 1.71. The fraction of sp³-hybridized carbons (Fsp3) is 0.111. The molecule has 0 radical (unpaired) electrons. The molecule has 0 aliphatic rings. The second-order valence-electron chi connectivity index (χ2n) is 4.93.